The summed E-state index contributed by atoms with van der Waals surface area (Å²) in [7, 11) is 1.69. The van der Waals surface area contributed by atoms with E-state index in [0.29, 0.717) is 35.5 Å². The number of hydrogen-bond donors (Lipinski definition) is 4. The highest BCUT2D eigenvalue weighted by Crippen LogP contribution is 2.31. The highest BCUT2D eigenvalue weighted by Gasteiger charge is 2.27. The van der Waals surface area contributed by atoms with Gasteiger partial charge in [0.1, 0.15) is 12.1 Å². The van der Waals surface area contributed by atoms with Gasteiger partial charge in [-0.3, -0.25) is 34.0 Å². The van der Waals surface area contributed by atoms with Crippen molar-refractivity contribution >= 4 is 40.7 Å². The number of nitrogens with zero attached hydrogens (tertiary/aromatic N) is 4. The van der Waals surface area contributed by atoms with Crippen LogP contribution in [-0.4, -0.2) is 45.5 Å². The number of carbonyl (C=O) groups excluding carboxylic acids is 4. The molecule has 57 heavy (non-hydrogen) atoms. The lowest BCUT2D eigenvalue weighted by Gasteiger charge is -2.25. The molecule has 2 heterocycles. The summed E-state index contributed by atoms with van der Waals surface area (Å²) in [5, 5.41) is 5.92. The number of benzene rings is 4. The maximum atomic E-state index is 14.6. The highest BCUT2D eigenvalue weighted by molar-refractivity contribution is 6.16. The summed E-state index contributed by atoms with van der Waals surface area (Å²) in [5.74, 6) is -1.71. The van der Waals surface area contributed by atoms with Crippen LogP contribution >= 0.6 is 0 Å². The van der Waals surface area contributed by atoms with Crippen molar-refractivity contribution in [1.82, 2.24) is 20.2 Å². The Morgan fingerprint density at radius 1 is 0.667 bits per heavy atom. The molecule has 12 heteroatoms. The molecule has 0 fully saturated rings. The van der Waals surface area contributed by atoms with E-state index in [2.05, 4.69) is 20.6 Å². The fourth-order valence-electron chi connectivity index (χ4n) is 6.41. The molecule has 12 nitrogen and oxygen atoms in total. The van der Waals surface area contributed by atoms with Crippen molar-refractivity contribution in [2.24, 2.45) is 11.5 Å². The lowest BCUT2D eigenvalue weighted by molar-refractivity contribution is -0.132. The second-order valence-corrected chi connectivity index (χ2v) is 13.4. The lowest BCUT2D eigenvalue weighted by Crippen LogP contribution is -2.36. The summed E-state index contributed by atoms with van der Waals surface area (Å²) in [5.41, 5.74) is 17.3. The standard InChI is InChI=1S/C45H44N8O4/c1-3-38(31-12-8-5-9-13-31)50-43(55)40(46)34-18-19-37(44(56)53(35-20-24-48-25-21-35)36-22-26-49-27-23-36)39(28-34)51-42(54)33-16-14-32(15-17-33)41(47)45(57)52(2)29-30-10-6-4-7-11-30/h4-28,38,40-41H,3,29,46-47H2,1-2H3,(H,50,55)(H,51,54). The second-order valence-electron chi connectivity index (χ2n) is 13.4. The maximum Gasteiger partial charge on any atom is 0.264 e. The van der Waals surface area contributed by atoms with Crippen LogP contribution in [0.15, 0.2) is 152 Å². The molecule has 4 aromatic carbocycles. The van der Waals surface area contributed by atoms with E-state index in [9.17, 15) is 19.2 Å². The fraction of sp³-hybridized carbons (Fsp3) is 0.156. The van der Waals surface area contributed by atoms with E-state index in [1.165, 1.54) is 4.90 Å². The number of pyridine rings is 2. The molecule has 0 bridgehead atoms. The predicted octanol–water partition coefficient (Wildman–Crippen LogP) is 6.63. The second kappa shape index (κ2) is 18.5. The molecule has 3 atom stereocenters. The molecule has 2 aromatic heterocycles. The SMILES string of the molecule is CCC(NC(=O)C(N)c1ccc(C(=O)N(c2ccncc2)c2ccncc2)c(NC(=O)c2ccc(C(N)C(=O)N(C)Cc3ccccc3)cc2)c1)c1ccccc1. The van der Waals surface area contributed by atoms with Crippen LogP contribution in [0.1, 0.15) is 74.4 Å². The molecule has 6 aromatic rings. The fourth-order valence-corrected chi connectivity index (χ4v) is 6.41. The van der Waals surface area contributed by atoms with E-state index < -0.39 is 29.8 Å². The minimum absolute atomic E-state index is 0.132. The van der Waals surface area contributed by atoms with Gasteiger partial charge < -0.3 is 27.0 Å². The van der Waals surface area contributed by atoms with Gasteiger partial charge in [0.25, 0.3) is 11.8 Å². The van der Waals surface area contributed by atoms with E-state index in [0.717, 1.165) is 11.1 Å². The first kappa shape index (κ1) is 39.7. The summed E-state index contributed by atoms with van der Waals surface area (Å²) in [6.45, 7) is 2.36. The zero-order valence-corrected chi connectivity index (χ0v) is 31.7. The number of nitrogens with two attached hydrogens (primary N) is 2. The van der Waals surface area contributed by atoms with Gasteiger partial charge in [-0.2, -0.15) is 0 Å². The maximum absolute atomic E-state index is 14.6. The van der Waals surface area contributed by atoms with Crippen molar-refractivity contribution in [3.8, 4) is 0 Å². The Balaban J connectivity index is 1.29. The van der Waals surface area contributed by atoms with Gasteiger partial charge in [0.05, 0.1) is 28.7 Å². The van der Waals surface area contributed by atoms with Gasteiger partial charge in [0.15, 0.2) is 0 Å². The van der Waals surface area contributed by atoms with Gasteiger partial charge >= 0.3 is 0 Å². The van der Waals surface area contributed by atoms with E-state index in [1.807, 2.05) is 67.6 Å². The molecule has 0 saturated heterocycles. The van der Waals surface area contributed by atoms with Crippen molar-refractivity contribution in [3.05, 3.63) is 186 Å². The van der Waals surface area contributed by atoms with Crippen LogP contribution in [0, 0.1) is 0 Å². The molecule has 3 unspecified atom stereocenters. The number of hydrogen-bond acceptors (Lipinski definition) is 8. The Morgan fingerprint density at radius 2 is 1.23 bits per heavy atom. The van der Waals surface area contributed by atoms with Crippen LogP contribution in [-0.2, 0) is 16.1 Å². The van der Waals surface area contributed by atoms with Crippen molar-refractivity contribution in [2.45, 2.75) is 38.0 Å². The third-order valence-corrected chi connectivity index (χ3v) is 9.57. The summed E-state index contributed by atoms with van der Waals surface area (Å²) in [4.78, 5) is 66.5. The zero-order chi connectivity index (χ0) is 40.3. The monoisotopic (exact) mass is 760 g/mol. The summed E-state index contributed by atoms with van der Waals surface area (Å²) < 4.78 is 0. The van der Waals surface area contributed by atoms with Gasteiger partial charge in [0, 0.05) is 43.9 Å². The molecule has 0 saturated carbocycles. The van der Waals surface area contributed by atoms with Gasteiger partial charge in [-0.25, -0.2) is 0 Å². The van der Waals surface area contributed by atoms with Gasteiger partial charge in [-0.05, 0) is 77.2 Å². The Bertz CT molecular complexity index is 2250. The Morgan fingerprint density at radius 3 is 1.81 bits per heavy atom. The summed E-state index contributed by atoms with van der Waals surface area (Å²) in [6.07, 6.45) is 6.93. The van der Waals surface area contributed by atoms with Crippen LogP contribution < -0.4 is 27.0 Å². The lowest BCUT2D eigenvalue weighted by atomic mass is 9.99. The van der Waals surface area contributed by atoms with Crippen LogP contribution in [0.2, 0.25) is 0 Å². The zero-order valence-electron chi connectivity index (χ0n) is 31.7. The minimum Gasteiger partial charge on any atom is -0.348 e. The van der Waals surface area contributed by atoms with Crippen molar-refractivity contribution in [3.63, 3.8) is 0 Å². The van der Waals surface area contributed by atoms with Crippen LogP contribution in [0.25, 0.3) is 0 Å². The highest BCUT2D eigenvalue weighted by atomic mass is 16.2. The number of likely N-dealkylation sites (N-methyl/N-ethyl adjacent to an activating group) is 1. The quantitative estimate of drug-likeness (QED) is 0.0956. The van der Waals surface area contributed by atoms with Crippen molar-refractivity contribution in [2.75, 3.05) is 17.3 Å². The summed E-state index contributed by atoms with van der Waals surface area (Å²) in [6, 6.07) is 34.7. The van der Waals surface area contributed by atoms with Gasteiger partial charge in [0.2, 0.25) is 11.8 Å². The first-order valence-electron chi connectivity index (χ1n) is 18.5. The predicted molar refractivity (Wildman–Crippen MR) is 220 cm³/mol. The number of aromatic nitrogens is 2. The number of amides is 4. The number of carbonyl (C=O) groups is 4. The Kier molecular flexibility index (Phi) is 12.9. The van der Waals surface area contributed by atoms with Crippen molar-refractivity contribution in [1.29, 1.82) is 0 Å². The van der Waals surface area contributed by atoms with Crippen LogP contribution in [0.4, 0.5) is 17.1 Å². The molecule has 4 amide bonds. The Hall–Kier alpha value is -7.02. The Labute approximate surface area is 331 Å². The third-order valence-electron chi connectivity index (χ3n) is 9.57. The van der Waals surface area contributed by atoms with Crippen molar-refractivity contribution < 1.29 is 19.2 Å². The molecular formula is C45H44N8O4. The number of anilines is 3. The molecule has 288 valence electrons. The van der Waals surface area contributed by atoms with Crippen LogP contribution in [0.5, 0.6) is 0 Å². The van der Waals surface area contributed by atoms with E-state index in [4.69, 9.17) is 11.5 Å². The van der Waals surface area contributed by atoms with Gasteiger partial charge in [-0.15, -0.1) is 0 Å². The largest absolute Gasteiger partial charge is 0.348 e. The topological polar surface area (TPSA) is 177 Å². The minimum atomic E-state index is -1.13. The number of nitrogens with one attached hydrogen (secondary N) is 2. The molecular weight excluding hydrogens is 717 g/mol. The first-order chi connectivity index (χ1) is 27.6. The van der Waals surface area contributed by atoms with Crippen LogP contribution in [0.3, 0.4) is 0 Å². The normalized spacial score (nSPS) is 12.4. The average molecular weight is 761 g/mol. The molecule has 0 aliphatic heterocycles. The molecule has 0 aliphatic rings. The molecule has 0 radical (unpaired) electrons. The smallest absolute Gasteiger partial charge is 0.264 e. The van der Waals surface area contributed by atoms with E-state index in [-0.39, 0.29) is 28.8 Å². The third kappa shape index (κ3) is 9.62. The average Bonchev–Trinajstić information content (AvgIpc) is 3.26. The van der Waals surface area contributed by atoms with Gasteiger partial charge in [-0.1, -0.05) is 85.8 Å². The van der Waals surface area contributed by atoms with E-state index >= 15 is 0 Å². The molecule has 0 spiro atoms. The number of rotatable bonds is 14. The molecule has 6 N–H and O–H groups in total. The summed E-state index contributed by atoms with van der Waals surface area (Å²) >= 11 is 0. The molecule has 6 rings (SSSR count). The molecule has 0 aliphatic carbocycles. The first-order valence-corrected chi connectivity index (χ1v) is 18.5. The van der Waals surface area contributed by atoms with E-state index in [1.54, 1.807) is 103 Å².